The average molecular weight is 238 g/mol. The van der Waals surface area contributed by atoms with Gasteiger partial charge in [-0.15, -0.1) is 0 Å². The number of ether oxygens (including phenoxy) is 1. The van der Waals surface area contributed by atoms with Crippen LogP contribution in [0.5, 0.6) is 5.75 Å². The van der Waals surface area contributed by atoms with E-state index in [4.69, 9.17) is 4.74 Å². The second-order valence-electron chi connectivity index (χ2n) is 4.37. The van der Waals surface area contributed by atoms with Gasteiger partial charge >= 0.3 is 0 Å². The maximum Gasteiger partial charge on any atom is 0.122 e. The summed E-state index contributed by atoms with van der Waals surface area (Å²) in [6.45, 7) is 7.35. The molecule has 90 valence electrons. The van der Waals surface area contributed by atoms with Crippen LogP contribution < -0.4 is 4.74 Å². The molecule has 0 amide bonds. The van der Waals surface area contributed by atoms with Crippen LogP contribution in [0.3, 0.4) is 0 Å². The summed E-state index contributed by atoms with van der Waals surface area (Å²) in [7, 11) is 0. The van der Waals surface area contributed by atoms with Gasteiger partial charge in [0.2, 0.25) is 0 Å². The van der Waals surface area contributed by atoms with Crippen molar-refractivity contribution in [2.75, 3.05) is 18.6 Å². The first kappa shape index (κ1) is 13.4. The Morgan fingerprint density at radius 2 is 2.06 bits per heavy atom. The third kappa shape index (κ3) is 4.09. The third-order valence-electron chi connectivity index (χ3n) is 2.63. The topological polar surface area (TPSA) is 9.23 Å². The molecule has 0 atom stereocenters. The lowest BCUT2D eigenvalue weighted by atomic mass is 10.0. The molecule has 0 saturated heterocycles. The van der Waals surface area contributed by atoms with E-state index in [0.717, 1.165) is 18.8 Å². The highest BCUT2D eigenvalue weighted by Crippen LogP contribution is 2.24. The monoisotopic (exact) mass is 238 g/mol. The highest BCUT2D eigenvalue weighted by atomic mass is 32.2. The fourth-order valence-electron chi connectivity index (χ4n) is 1.52. The lowest BCUT2D eigenvalue weighted by molar-refractivity contribution is 0.316. The minimum atomic E-state index is 0.564. The Bertz CT molecular complexity index is 321. The maximum absolute atomic E-state index is 5.82. The number of rotatable bonds is 6. The van der Waals surface area contributed by atoms with E-state index in [0.29, 0.717) is 5.92 Å². The van der Waals surface area contributed by atoms with Gasteiger partial charge < -0.3 is 4.74 Å². The van der Waals surface area contributed by atoms with Crippen molar-refractivity contribution in [3.05, 3.63) is 29.3 Å². The van der Waals surface area contributed by atoms with Crippen molar-refractivity contribution >= 4 is 11.8 Å². The SMILES string of the molecule is CSCCCOc1cc(C(C)C)ccc1C. The molecule has 16 heavy (non-hydrogen) atoms. The lowest BCUT2D eigenvalue weighted by Crippen LogP contribution is -2.01. The fraction of sp³-hybridized carbons (Fsp3) is 0.571. The first-order chi connectivity index (χ1) is 7.65. The van der Waals surface area contributed by atoms with Crippen molar-refractivity contribution in [1.82, 2.24) is 0 Å². The van der Waals surface area contributed by atoms with Gasteiger partial charge in [-0.1, -0.05) is 26.0 Å². The summed E-state index contributed by atoms with van der Waals surface area (Å²) >= 11 is 1.87. The number of aryl methyl sites for hydroxylation is 1. The molecule has 0 N–H and O–H groups in total. The predicted octanol–water partition coefficient (Wildman–Crippen LogP) is 4.25. The Balaban J connectivity index is 2.60. The molecule has 0 saturated carbocycles. The van der Waals surface area contributed by atoms with Crippen LogP contribution in [0.2, 0.25) is 0 Å². The zero-order chi connectivity index (χ0) is 12.0. The van der Waals surface area contributed by atoms with Crippen LogP contribution in [0, 0.1) is 6.92 Å². The van der Waals surface area contributed by atoms with Gasteiger partial charge in [0.15, 0.2) is 0 Å². The van der Waals surface area contributed by atoms with E-state index in [9.17, 15) is 0 Å². The van der Waals surface area contributed by atoms with Crippen LogP contribution in [0.15, 0.2) is 18.2 Å². The van der Waals surface area contributed by atoms with Crippen LogP contribution >= 0.6 is 11.8 Å². The maximum atomic E-state index is 5.82. The van der Waals surface area contributed by atoms with Gasteiger partial charge in [-0.25, -0.2) is 0 Å². The normalized spacial score (nSPS) is 10.8. The Kier molecular flexibility index (Phi) is 5.75. The Morgan fingerprint density at radius 3 is 2.69 bits per heavy atom. The minimum absolute atomic E-state index is 0.564. The van der Waals surface area contributed by atoms with E-state index in [1.165, 1.54) is 16.9 Å². The van der Waals surface area contributed by atoms with Crippen molar-refractivity contribution in [2.24, 2.45) is 0 Å². The fourth-order valence-corrected chi connectivity index (χ4v) is 1.92. The highest BCUT2D eigenvalue weighted by Gasteiger charge is 2.04. The van der Waals surface area contributed by atoms with Crippen LogP contribution in [0.1, 0.15) is 37.3 Å². The van der Waals surface area contributed by atoms with Crippen LogP contribution in [0.25, 0.3) is 0 Å². The molecule has 0 unspecified atom stereocenters. The lowest BCUT2D eigenvalue weighted by Gasteiger charge is -2.12. The zero-order valence-corrected chi connectivity index (χ0v) is 11.6. The van der Waals surface area contributed by atoms with Gasteiger partial charge in [-0.3, -0.25) is 0 Å². The Hall–Kier alpha value is -0.630. The van der Waals surface area contributed by atoms with Crippen molar-refractivity contribution in [2.45, 2.75) is 33.1 Å². The molecule has 1 aromatic carbocycles. The smallest absolute Gasteiger partial charge is 0.122 e. The number of benzene rings is 1. The molecule has 1 aromatic rings. The summed E-state index contributed by atoms with van der Waals surface area (Å²) in [5.74, 6) is 2.78. The second-order valence-corrected chi connectivity index (χ2v) is 5.36. The molecule has 0 aliphatic rings. The van der Waals surface area contributed by atoms with Crippen molar-refractivity contribution in [1.29, 1.82) is 0 Å². The first-order valence-electron chi connectivity index (χ1n) is 5.87. The molecule has 0 aliphatic carbocycles. The van der Waals surface area contributed by atoms with Gasteiger partial charge in [0.1, 0.15) is 5.75 Å². The van der Waals surface area contributed by atoms with E-state index in [2.05, 4.69) is 45.2 Å². The standard InChI is InChI=1S/C14H22OS/c1-11(2)13-7-6-12(3)14(10-13)15-8-5-9-16-4/h6-7,10-11H,5,8-9H2,1-4H3. The van der Waals surface area contributed by atoms with Gasteiger partial charge in [-0.2, -0.15) is 11.8 Å². The average Bonchev–Trinajstić information content (AvgIpc) is 2.26. The van der Waals surface area contributed by atoms with Crippen molar-refractivity contribution in [3.8, 4) is 5.75 Å². The molecular formula is C14H22OS. The Labute approximate surface area is 104 Å². The molecular weight excluding hydrogens is 216 g/mol. The van der Waals surface area contributed by atoms with Gasteiger partial charge in [-0.05, 0) is 48.5 Å². The summed E-state index contributed by atoms with van der Waals surface area (Å²) in [5.41, 5.74) is 2.58. The summed E-state index contributed by atoms with van der Waals surface area (Å²) in [6.07, 6.45) is 3.25. The van der Waals surface area contributed by atoms with E-state index in [-0.39, 0.29) is 0 Å². The molecule has 2 heteroatoms. The second kappa shape index (κ2) is 6.85. The molecule has 0 spiro atoms. The summed E-state index contributed by atoms with van der Waals surface area (Å²) in [4.78, 5) is 0. The van der Waals surface area contributed by atoms with E-state index in [1.807, 2.05) is 11.8 Å². The summed E-state index contributed by atoms with van der Waals surface area (Å²) < 4.78 is 5.82. The quantitative estimate of drug-likeness (QED) is 0.685. The molecule has 0 radical (unpaired) electrons. The van der Waals surface area contributed by atoms with Crippen molar-refractivity contribution in [3.63, 3.8) is 0 Å². The van der Waals surface area contributed by atoms with E-state index >= 15 is 0 Å². The number of hydrogen-bond acceptors (Lipinski definition) is 2. The molecule has 0 fully saturated rings. The molecule has 1 rings (SSSR count). The summed E-state index contributed by atoms with van der Waals surface area (Å²) in [6, 6.07) is 6.52. The first-order valence-corrected chi connectivity index (χ1v) is 7.26. The summed E-state index contributed by atoms with van der Waals surface area (Å²) in [5, 5.41) is 0. The largest absolute Gasteiger partial charge is 0.493 e. The van der Waals surface area contributed by atoms with Crippen molar-refractivity contribution < 1.29 is 4.74 Å². The van der Waals surface area contributed by atoms with Gasteiger partial charge in [0.25, 0.3) is 0 Å². The van der Waals surface area contributed by atoms with Crippen LogP contribution in [0.4, 0.5) is 0 Å². The molecule has 1 nitrogen and oxygen atoms in total. The van der Waals surface area contributed by atoms with Gasteiger partial charge in [0.05, 0.1) is 6.61 Å². The zero-order valence-electron chi connectivity index (χ0n) is 10.7. The van der Waals surface area contributed by atoms with E-state index < -0.39 is 0 Å². The number of hydrogen-bond donors (Lipinski definition) is 0. The molecule has 0 bridgehead atoms. The number of thioether (sulfide) groups is 1. The molecule has 0 aromatic heterocycles. The highest BCUT2D eigenvalue weighted by molar-refractivity contribution is 7.98. The van der Waals surface area contributed by atoms with E-state index in [1.54, 1.807) is 0 Å². The third-order valence-corrected chi connectivity index (χ3v) is 3.33. The predicted molar refractivity (Wildman–Crippen MR) is 73.8 cm³/mol. The minimum Gasteiger partial charge on any atom is -0.493 e. The van der Waals surface area contributed by atoms with Gasteiger partial charge in [0, 0.05) is 0 Å². The van der Waals surface area contributed by atoms with Crippen LogP contribution in [-0.2, 0) is 0 Å². The van der Waals surface area contributed by atoms with Crippen LogP contribution in [-0.4, -0.2) is 18.6 Å². The molecule has 0 aliphatic heterocycles. The Morgan fingerprint density at radius 1 is 1.31 bits per heavy atom. The molecule has 0 heterocycles.